The van der Waals surface area contributed by atoms with Gasteiger partial charge in [-0.15, -0.1) is 5.10 Å². The molecule has 0 N–H and O–H groups in total. The van der Waals surface area contributed by atoms with Gasteiger partial charge in [-0.05, 0) is 23.8 Å². The largest absolute Gasteiger partial charge is 0.216 e. The van der Waals surface area contributed by atoms with Gasteiger partial charge in [0.2, 0.25) is 0 Å². The topological polar surface area (TPSA) is 60.9 Å². The van der Waals surface area contributed by atoms with Crippen LogP contribution in [0.2, 0.25) is 0 Å². The Morgan fingerprint density at radius 3 is 2.69 bits per heavy atom. The molecule has 7 heteroatoms. The first kappa shape index (κ1) is 15.2. The predicted octanol–water partition coefficient (Wildman–Crippen LogP) is 3.82. The van der Waals surface area contributed by atoms with E-state index in [0.717, 1.165) is 32.7 Å². The van der Waals surface area contributed by atoms with Crippen molar-refractivity contribution < 1.29 is 0 Å². The molecule has 0 aliphatic carbocycles. The van der Waals surface area contributed by atoms with Crippen molar-refractivity contribution in [3.8, 4) is 5.69 Å². The van der Waals surface area contributed by atoms with Crippen LogP contribution in [-0.2, 0) is 6.42 Å². The molecule has 0 unspecified atom stereocenters. The lowest BCUT2D eigenvalue weighted by molar-refractivity contribution is 0.865. The van der Waals surface area contributed by atoms with Gasteiger partial charge in [0.1, 0.15) is 6.33 Å². The molecule has 0 atom stereocenters. The molecule has 0 spiro atoms. The Balaban J connectivity index is 1.62. The molecule has 5 aromatic rings. The Kier molecular flexibility index (Phi) is 3.53. The number of fused-ring (bicyclic) bond motifs is 3. The predicted molar refractivity (Wildman–Crippen MR) is 102 cm³/mol. The Labute approximate surface area is 157 Å². The molecule has 0 aliphatic heterocycles. The van der Waals surface area contributed by atoms with Crippen LogP contribution < -0.4 is 0 Å². The van der Waals surface area contributed by atoms with E-state index in [4.69, 9.17) is 4.98 Å². The summed E-state index contributed by atoms with van der Waals surface area (Å²) >= 11 is 3.50. The number of benzene rings is 2. The van der Waals surface area contributed by atoms with E-state index in [-0.39, 0.29) is 0 Å². The Morgan fingerprint density at radius 2 is 1.85 bits per heavy atom. The zero-order valence-corrected chi connectivity index (χ0v) is 15.2. The second-order valence-corrected chi connectivity index (χ2v) is 6.89. The molecule has 0 fully saturated rings. The van der Waals surface area contributed by atoms with E-state index in [1.54, 1.807) is 17.0 Å². The minimum atomic E-state index is 0.684. The van der Waals surface area contributed by atoms with Gasteiger partial charge in [-0.3, -0.25) is 0 Å². The minimum absolute atomic E-state index is 0.684. The summed E-state index contributed by atoms with van der Waals surface area (Å²) in [6.07, 6.45) is 4.17. The summed E-state index contributed by atoms with van der Waals surface area (Å²) in [4.78, 5) is 9.25. The van der Waals surface area contributed by atoms with Gasteiger partial charge >= 0.3 is 0 Å². The van der Waals surface area contributed by atoms with Gasteiger partial charge in [0.25, 0.3) is 0 Å². The molecule has 6 nitrogen and oxygen atoms in total. The van der Waals surface area contributed by atoms with Gasteiger partial charge in [-0.2, -0.15) is 5.10 Å². The number of nitrogens with zero attached hydrogens (tertiary/aromatic N) is 6. The van der Waals surface area contributed by atoms with Crippen molar-refractivity contribution in [3.05, 3.63) is 83.0 Å². The van der Waals surface area contributed by atoms with Crippen LogP contribution in [0.25, 0.3) is 22.4 Å². The molecule has 3 aromatic heterocycles. The van der Waals surface area contributed by atoms with Crippen LogP contribution in [-0.4, -0.2) is 29.4 Å². The van der Waals surface area contributed by atoms with Gasteiger partial charge in [0.05, 0.1) is 17.3 Å². The second kappa shape index (κ2) is 6.03. The molecular formula is C19H13BrN6. The first-order valence-corrected chi connectivity index (χ1v) is 8.95. The lowest BCUT2D eigenvalue weighted by Gasteiger charge is -2.03. The highest BCUT2D eigenvalue weighted by Crippen LogP contribution is 2.22. The van der Waals surface area contributed by atoms with Crippen molar-refractivity contribution in [2.45, 2.75) is 6.42 Å². The summed E-state index contributed by atoms with van der Waals surface area (Å²) in [6.45, 7) is 0. The number of halogens is 1. The van der Waals surface area contributed by atoms with Crippen LogP contribution in [0.3, 0.4) is 0 Å². The number of aromatic nitrogens is 6. The summed E-state index contributed by atoms with van der Waals surface area (Å²) in [7, 11) is 0. The summed E-state index contributed by atoms with van der Waals surface area (Å²) < 4.78 is 4.52. The summed E-state index contributed by atoms with van der Waals surface area (Å²) in [5, 5.41) is 9.93. The molecule has 0 saturated heterocycles. The highest BCUT2D eigenvalue weighted by molar-refractivity contribution is 9.10. The fourth-order valence-corrected chi connectivity index (χ4v) is 3.40. The number of rotatable bonds is 3. The van der Waals surface area contributed by atoms with Crippen LogP contribution in [0, 0.1) is 0 Å². The average molecular weight is 405 g/mol. The maximum Gasteiger partial charge on any atom is 0.170 e. The molecule has 0 bridgehead atoms. The molecule has 0 radical (unpaired) electrons. The monoisotopic (exact) mass is 404 g/mol. The zero-order valence-electron chi connectivity index (χ0n) is 13.6. The third-order valence-electron chi connectivity index (χ3n) is 4.21. The molecule has 126 valence electrons. The van der Waals surface area contributed by atoms with E-state index in [9.17, 15) is 0 Å². The van der Waals surface area contributed by atoms with Crippen molar-refractivity contribution in [2.24, 2.45) is 0 Å². The average Bonchev–Trinajstić information content (AvgIpc) is 3.25. The fraction of sp³-hybridized carbons (Fsp3) is 0.0526. The Bertz CT molecular complexity index is 1220. The van der Waals surface area contributed by atoms with E-state index in [0.29, 0.717) is 6.42 Å². The quantitative estimate of drug-likeness (QED) is 0.458. The molecule has 0 saturated carbocycles. The molecular weight excluding hydrogens is 392 g/mol. The molecule has 5 rings (SSSR count). The lowest BCUT2D eigenvalue weighted by atomic mass is 10.1. The summed E-state index contributed by atoms with van der Waals surface area (Å²) in [6, 6.07) is 18.1. The smallest absolute Gasteiger partial charge is 0.170 e. The van der Waals surface area contributed by atoms with E-state index in [2.05, 4.69) is 43.2 Å². The van der Waals surface area contributed by atoms with Crippen LogP contribution >= 0.6 is 15.9 Å². The third-order valence-corrected chi connectivity index (χ3v) is 4.70. The molecule has 26 heavy (non-hydrogen) atoms. The third kappa shape index (κ3) is 2.57. The molecule has 0 amide bonds. The van der Waals surface area contributed by atoms with Gasteiger partial charge in [-0.25, -0.2) is 19.2 Å². The van der Waals surface area contributed by atoms with E-state index in [1.807, 2.05) is 47.1 Å². The maximum atomic E-state index is 4.71. The summed E-state index contributed by atoms with van der Waals surface area (Å²) in [5.41, 5.74) is 3.64. The molecule has 3 heterocycles. The van der Waals surface area contributed by atoms with E-state index < -0.39 is 0 Å². The molecule has 0 aliphatic rings. The first-order valence-electron chi connectivity index (χ1n) is 8.16. The van der Waals surface area contributed by atoms with Gasteiger partial charge < -0.3 is 0 Å². The van der Waals surface area contributed by atoms with Crippen molar-refractivity contribution in [1.29, 1.82) is 0 Å². The lowest BCUT2D eigenvalue weighted by Crippen LogP contribution is -1.99. The number of hydrogen-bond donors (Lipinski definition) is 0. The highest BCUT2D eigenvalue weighted by Gasteiger charge is 2.13. The second-order valence-electron chi connectivity index (χ2n) is 5.98. The van der Waals surface area contributed by atoms with Crippen LogP contribution in [0.5, 0.6) is 0 Å². The normalized spacial score (nSPS) is 11.4. The summed E-state index contributed by atoms with van der Waals surface area (Å²) in [5.74, 6) is 0.765. The van der Waals surface area contributed by atoms with Crippen molar-refractivity contribution >= 4 is 32.6 Å². The van der Waals surface area contributed by atoms with Gasteiger partial charge in [0, 0.05) is 10.9 Å². The maximum absolute atomic E-state index is 4.71. The zero-order chi connectivity index (χ0) is 17.5. The van der Waals surface area contributed by atoms with Crippen molar-refractivity contribution in [2.75, 3.05) is 0 Å². The van der Waals surface area contributed by atoms with E-state index >= 15 is 0 Å². The van der Waals surface area contributed by atoms with Crippen LogP contribution in [0.4, 0.5) is 0 Å². The number of hydrogen-bond acceptors (Lipinski definition) is 4. The highest BCUT2D eigenvalue weighted by atomic mass is 79.9. The fourth-order valence-electron chi connectivity index (χ4n) is 3.02. The molecule has 2 aromatic carbocycles. The Hall–Kier alpha value is -3.06. The van der Waals surface area contributed by atoms with Gasteiger partial charge in [-0.1, -0.05) is 52.3 Å². The van der Waals surface area contributed by atoms with Gasteiger partial charge in [0.15, 0.2) is 17.1 Å². The van der Waals surface area contributed by atoms with Crippen molar-refractivity contribution in [1.82, 2.24) is 29.4 Å². The van der Waals surface area contributed by atoms with E-state index in [1.165, 1.54) is 5.56 Å². The van der Waals surface area contributed by atoms with Crippen molar-refractivity contribution in [3.63, 3.8) is 0 Å². The minimum Gasteiger partial charge on any atom is -0.216 e. The standard InChI is InChI=1S/C19H13BrN6/c20-14-7-4-8-15(10-14)26-18-16(11-22-26)19-23-17(24-25(19)12-21-18)9-13-5-2-1-3-6-13/h1-8,10-12H,9H2. The Morgan fingerprint density at radius 1 is 0.962 bits per heavy atom. The SMILES string of the molecule is Brc1cccc(-n2ncc3c2ncn2nc(Cc4ccccc4)nc32)c1. The first-order chi connectivity index (χ1) is 12.8. The van der Waals surface area contributed by atoms with Crippen LogP contribution in [0.15, 0.2) is 71.6 Å². The van der Waals surface area contributed by atoms with Crippen LogP contribution in [0.1, 0.15) is 11.4 Å².